The predicted molar refractivity (Wildman–Crippen MR) is 96.6 cm³/mol. The van der Waals surface area contributed by atoms with Gasteiger partial charge in [0.1, 0.15) is 5.69 Å². The molecule has 0 atom stereocenters. The Morgan fingerprint density at radius 1 is 1.23 bits per heavy atom. The van der Waals surface area contributed by atoms with E-state index in [1.54, 1.807) is 6.07 Å². The number of nitrogens with one attached hydrogen (secondary N) is 2. The maximum Gasteiger partial charge on any atom is 0.416 e. The molecule has 1 aromatic carbocycles. The van der Waals surface area contributed by atoms with Gasteiger partial charge in [0.25, 0.3) is 5.91 Å². The molecule has 1 amide bonds. The summed E-state index contributed by atoms with van der Waals surface area (Å²) in [7, 11) is 0. The molecule has 0 aliphatic heterocycles. The molecule has 0 bridgehead atoms. The molecule has 140 valence electrons. The Hall–Kier alpha value is -2.28. The lowest BCUT2D eigenvalue weighted by atomic mass is 10.1. The summed E-state index contributed by atoms with van der Waals surface area (Å²) < 4.78 is 38.4. The summed E-state index contributed by atoms with van der Waals surface area (Å²) in [4.78, 5) is 16.3. The van der Waals surface area contributed by atoms with Gasteiger partial charge < -0.3 is 10.6 Å². The lowest BCUT2D eigenvalue weighted by molar-refractivity contribution is -0.137. The third kappa shape index (κ3) is 5.62. The molecule has 1 heterocycles. The van der Waals surface area contributed by atoms with E-state index in [0.29, 0.717) is 11.6 Å². The second kappa shape index (κ2) is 8.40. The first-order valence-corrected chi connectivity index (χ1v) is 8.42. The van der Waals surface area contributed by atoms with E-state index in [0.717, 1.165) is 31.2 Å². The van der Waals surface area contributed by atoms with E-state index in [2.05, 4.69) is 29.5 Å². The lowest BCUT2D eigenvalue weighted by Crippen LogP contribution is -2.15. The standard InChI is InChI=1S/C18H19ClF3N3O/c1-11(2)5-7-23-13-6-8-24-16(10-13)17(26)25-15-9-12(18(20,21)22)3-4-14(15)19/h3-4,6,8-11H,5,7H2,1-2H3,(H,23,24)(H,25,26). The van der Waals surface area contributed by atoms with Crippen LogP contribution in [0.15, 0.2) is 36.5 Å². The monoisotopic (exact) mass is 385 g/mol. The zero-order chi connectivity index (χ0) is 19.3. The van der Waals surface area contributed by atoms with E-state index in [4.69, 9.17) is 11.6 Å². The molecule has 0 spiro atoms. The van der Waals surface area contributed by atoms with Crippen molar-refractivity contribution in [2.45, 2.75) is 26.4 Å². The van der Waals surface area contributed by atoms with Crippen LogP contribution in [0.4, 0.5) is 24.5 Å². The summed E-state index contributed by atoms with van der Waals surface area (Å²) in [5.74, 6) is -0.103. The average molecular weight is 386 g/mol. The van der Waals surface area contributed by atoms with Crippen LogP contribution in [-0.2, 0) is 6.18 Å². The number of amides is 1. The zero-order valence-electron chi connectivity index (χ0n) is 14.3. The summed E-state index contributed by atoms with van der Waals surface area (Å²) in [6.07, 6.45) is -2.10. The van der Waals surface area contributed by atoms with Gasteiger partial charge in [-0.1, -0.05) is 25.4 Å². The number of rotatable bonds is 6. The number of anilines is 2. The van der Waals surface area contributed by atoms with E-state index < -0.39 is 17.6 Å². The molecule has 0 saturated heterocycles. The maximum atomic E-state index is 12.8. The molecule has 0 fully saturated rings. The van der Waals surface area contributed by atoms with E-state index in [9.17, 15) is 18.0 Å². The first-order valence-electron chi connectivity index (χ1n) is 8.05. The molecule has 4 nitrogen and oxygen atoms in total. The van der Waals surface area contributed by atoms with Crippen molar-refractivity contribution in [3.8, 4) is 0 Å². The van der Waals surface area contributed by atoms with Crippen LogP contribution in [0.3, 0.4) is 0 Å². The minimum atomic E-state index is -4.53. The number of pyridine rings is 1. The molecule has 0 aliphatic carbocycles. The molecular weight excluding hydrogens is 367 g/mol. The summed E-state index contributed by atoms with van der Waals surface area (Å²) >= 11 is 5.89. The number of hydrogen-bond donors (Lipinski definition) is 2. The van der Waals surface area contributed by atoms with Crippen LogP contribution >= 0.6 is 11.6 Å². The van der Waals surface area contributed by atoms with Crippen LogP contribution in [0, 0.1) is 5.92 Å². The summed E-state index contributed by atoms with van der Waals surface area (Å²) in [5, 5.41) is 5.57. The van der Waals surface area contributed by atoms with Gasteiger partial charge in [0.05, 0.1) is 16.3 Å². The molecule has 0 saturated carbocycles. The molecule has 1 aromatic heterocycles. The van der Waals surface area contributed by atoms with Crippen LogP contribution in [0.1, 0.15) is 36.3 Å². The first kappa shape index (κ1) is 20.0. The van der Waals surface area contributed by atoms with Gasteiger partial charge in [-0.3, -0.25) is 9.78 Å². The number of hydrogen-bond acceptors (Lipinski definition) is 3. The third-order valence-corrected chi connectivity index (χ3v) is 3.91. The van der Waals surface area contributed by atoms with Crippen molar-refractivity contribution in [3.05, 3.63) is 52.8 Å². The van der Waals surface area contributed by atoms with Crippen LogP contribution in [0.25, 0.3) is 0 Å². The number of carbonyl (C=O) groups is 1. The molecule has 8 heteroatoms. The van der Waals surface area contributed by atoms with E-state index >= 15 is 0 Å². The first-order chi connectivity index (χ1) is 12.2. The molecule has 0 radical (unpaired) electrons. The van der Waals surface area contributed by atoms with Crippen molar-refractivity contribution in [2.24, 2.45) is 5.92 Å². The Morgan fingerprint density at radius 3 is 2.62 bits per heavy atom. The van der Waals surface area contributed by atoms with Gasteiger partial charge in [-0.05, 0) is 42.7 Å². The number of nitrogens with zero attached hydrogens (tertiary/aromatic N) is 1. The van der Waals surface area contributed by atoms with Crippen molar-refractivity contribution < 1.29 is 18.0 Å². The molecule has 2 rings (SSSR count). The van der Waals surface area contributed by atoms with Crippen LogP contribution in [-0.4, -0.2) is 17.4 Å². The second-order valence-electron chi connectivity index (χ2n) is 6.19. The largest absolute Gasteiger partial charge is 0.416 e. The number of aromatic nitrogens is 1. The highest BCUT2D eigenvalue weighted by Gasteiger charge is 2.31. The Bertz CT molecular complexity index is 779. The molecular formula is C18H19ClF3N3O. The second-order valence-corrected chi connectivity index (χ2v) is 6.59. The smallest absolute Gasteiger partial charge is 0.385 e. The molecule has 2 N–H and O–H groups in total. The summed E-state index contributed by atoms with van der Waals surface area (Å²) in [6.45, 7) is 4.94. The Kier molecular flexibility index (Phi) is 6.47. The van der Waals surface area contributed by atoms with Crippen molar-refractivity contribution in [1.29, 1.82) is 0 Å². The highest BCUT2D eigenvalue weighted by atomic mass is 35.5. The number of halogens is 4. The van der Waals surface area contributed by atoms with Crippen molar-refractivity contribution >= 4 is 28.9 Å². The van der Waals surface area contributed by atoms with Gasteiger partial charge in [-0.15, -0.1) is 0 Å². The summed E-state index contributed by atoms with van der Waals surface area (Å²) in [6, 6.07) is 6.00. The van der Waals surface area contributed by atoms with E-state index in [1.807, 2.05) is 0 Å². The SMILES string of the molecule is CC(C)CCNc1ccnc(C(=O)Nc2cc(C(F)(F)F)ccc2Cl)c1. The average Bonchev–Trinajstić information content (AvgIpc) is 2.55. The number of benzene rings is 1. The molecule has 0 aliphatic rings. The maximum absolute atomic E-state index is 12.8. The lowest BCUT2D eigenvalue weighted by Gasteiger charge is -2.12. The molecule has 2 aromatic rings. The minimum Gasteiger partial charge on any atom is -0.385 e. The van der Waals surface area contributed by atoms with Crippen LogP contribution in [0.5, 0.6) is 0 Å². The normalized spacial score (nSPS) is 11.5. The topological polar surface area (TPSA) is 54.0 Å². The fraction of sp³-hybridized carbons (Fsp3) is 0.333. The third-order valence-electron chi connectivity index (χ3n) is 3.59. The van der Waals surface area contributed by atoms with Crippen LogP contribution < -0.4 is 10.6 Å². The minimum absolute atomic E-state index is 0.0116. The molecule has 26 heavy (non-hydrogen) atoms. The zero-order valence-corrected chi connectivity index (χ0v) is 15.1. The van der Waals surface area contributed by atoms with Gasteiger partial charge in [-0.2, -0.15) is 13.2 Å². The summed E-state index contributed by atoms with van der Waals surface area (Å²) in [5.41, 5.74) is -0.227. The quantitative estimate of drug-likeness (QED) is 0.693. The number of alkyl halides is 3. The highest BCUT2D eigenvalue weighted by molar-refractivity contribution is 6.33. The van der Waals surface area contributed by atoms with E-state index in [-0.39, 0.29) is 16.4 Å². The van der Waals surface area contributed by atoms with E-state index in [1.165, 1.54) is 12.3 Å². The van der Waals surface area contributed by atoms with Gasteiger partial charge in [0.2, 0.25) is 0 Å². The van der Waals surface area contributed by atoms with Crippen molar-refractivity contribution in [3.63, 3.8) is 0 Å². The van der Waals surface area contributed by atoms with Gasteiger partial charge >= 0.3 is 6.18 Å². The van der Waals surface area contributed by atoms with Gasteiger partial charge in [-0.25, -0.2) is 0 Å². The highest BCUT2D eigenvalue weighted by Crippen LogP contribution is 2.34. The number of carbonyl (C=O) groups excluding carboxylic acids is 1. The van der Waals surface area contributed by atoms with Gasteiger partial charge in [0, 0.05) is 18.4 Å². The Labute approximate surface area is 154 Å². The van der Waals surface area contributed by atoms with Crippen molar-refractivity contribution in [1.82, 2.24) is 4.98 Å². The Morgan fingerprint density at radius 2 is 1.96 bits per heavy atom. The predicted octanol–water partition coefficient (Wildman–Crippen LogP) is 5.46. The fourth-order valence-corrected chi connectivity index (χ4v) is 2.32. The molecule has 0 unspecified atom stereocenters. The fourth-order valence-electron chi connectivity index (χ4n) is 2.15. The van der Waals surface area contributed by atoms with Gasteiger partial charge in [0.15, 0.2) is 0 Å². The Balaban J connectivity index is 2.13. The van der Waals surface area contributed by atoms with Crippen LogP contribution in [0.2, 0.25) is 5.02 Å². The van der Waals surface area contributed by atoms with Crippen molar-refractivity contribution in [2.75, 3.05) is 17.2 Å².